The lowest BCUT2D eigenvalue weighted by atomic mass is 10.0. The van der Waals surface area contributed by atoms with Crippen LogP contribution in [-0.2, 0) is 14.4 Å². The summed E-state index contributed by atoms with van der Waals surface area (Å²) in [6, 6.07) is 2.53. The van der Waals surface area contributed by atoms with Gasteiger partial charge in [-0.05, 0) is 43.4 Å². The van der Waals surface area contributed by atoms with Gasteiger partial charge in [-0.1, -0.05) is 25.4 Å². The molecule has 4 amide bonds. The average Bonchev–Trinajstić information content (AvgIpc) is 3.32. The molecule has 2 N–H and O–H groups in total. The molecule has 10 nitrogen and oxygen atoms in total. The predicted octanol–water partition coefficient (Wildman–Crippen LogP) is 1.29. The molecule has 0 radical (unpaired) electrons. The molecule has 202 valence electrons. The van der Waals surface area contributed by atoms with Crippen LogP contribution in [0.3, 0.4) is 0 Å². The highest BCUT2D eigenvalue weighted by molar-refractivity contribution is 6.31. The van der Waals surface area contributed by atoms with Crippen LogP contribution in [-0.4, -0.2) is 101 Å². The Morgan fingerprint density at radius 2 is 1.95 bits per heavy atom. The largest absolute Gasteiger partial charge is 0.491 e. The van der Waals surface area contributed by atoms with E-state index in [1.165, 1.54) is 15.9 Å². The first-order valence-electron chi connectivity index (χ1n) is 12.8. The molecule has 3 aliphatic heterocycles. The number of ether oxygens (including phenoxy) is 1. The number of hydrogen-bond donors (Lipinski definition) is 2. The highest BCUT2D eigenvalue weighted by Crippen LogP contribution is 2.27. The van der Waals surface area contributed by atoms with E-state index in [4.69, 9.17) is 16.3 Å². The Labute approximate surface area is 221 Å². The van der Waals surface area contributed by atoms with E-state index in [2.05, 4.69) is 19.2 Å². The highest BCUT2D eigenvalue weighted by Gasteiger charge is 2.42. The number of aliphatic hydroxyl groups excluding tert-OH is 1. The van der Waals surface area contributed by atoms with Crippen LogP contribution in [0.1, 0.15) is 49.9 Å². The van der Waals surface area contributed by atoms with Gasteiger partial charge in [0, 0.05) is 31.7 Å². The minimum Gasteiger partial charge on any atom is -0.491 e. The number of likely N-dealkylation sites (tertiary alicyclic amines) is 1. The Morgan fingerprint density at radius 3 is 2.62 bits per heavy atom. The topological polar surface area (TPSA) is 119 Å². The van der Waals surface area contributed by atoms with Crippen molar-refractivity contribution < 1.29 is 29.0 Å². The molecule has 0 aliphatic carbocycles. The minimum atomic E-state index is -1.18. The van der Waals surface area contributed by atoms with E-state index in [1.54, 1.807) is 24.1 Å². The zero-order chi connectivity index (χ0) is 26.9. The zero-order valence-electron chi connectivity index (χ0n) is 21.5. The maximum atomic E-state index is 13.8. The smallest absolute Gasteiger partial charge is 0.255 e. The summed E-state index contributed by atoms with van der Waals surface area (Å²) in [5.41, 5.74) is 0.145. The number of halogens is 1. The van der Waals surface area contributed by atoms with Crippen molar-refractivity contribution in [2.45, 2.75) is 63.8 Å². The summed E-state index contributed by atoms with van der Waals surface area (Å²) >= 11 is 6.19. The molecule has 11 heteroatoms. The first kappa shape index (κ1) is 27.2. The number of β-amino-alcohol motifs (C(OH)–C–C–N with tert-alkyl or cyclic N) is 1. The first-order valence-corrected chi connectivity index (χ1v) is 13.2. The molecule has 0 unspecified atom stereocenters. The SMILES string of the molecule is CC(C)C[C@@H]1COc2ccc(Cl)cc2C(=O)N[C@@H](CC(=O)N2CC(O)C2)C(=O)N2CCC[C@@H]2C(=O)N1C. The van der Waals surface area contributed by atoms with Gasteiger partial charge in [0.25, 0.3) is 5.91 Å². The van der Waals surface area contributed by atoms with Crippen LogP contribution in [0.15, 0.2) is 18.2 Å². The number of aliphatic hydroxyl groups is 1. The fourth-order valence-corrected chi connectivity index (χ4v) is 5.35. The lowest BCUT2D eigenvalue weighted by Crippen LogP contribution is -2.58. The number of nitrogens with one attached hydrogen (secondary N) is 1. The van der Waals surface area contributed by atoms with Gasteiger partial charge in [0.05, 0.1) is 24.1 Å². The molecule has 1 aromatic carbocycles. The van der Waals surface area contributed by atoms with Crippen LogP contribution in [0, 0.1) is 5.92 Å². The second-order valence-electron chi connectivity index (χ2n) is 10.6. The summed E-state index contributed by atoms with van der Waals surface area (Å²) in [6.07, 6.45) is 0.962. The number of rotatable bonds is 4. The van der Waals surface area contributed by atoms with E-state index < -0.39 is 30.0 Å². The van der Waals surface area contributed by atoms with E-state index in [9.17, 15) is 24.3 Å². The molecule has 4 rings (SSSR count). The van der Waals surface area contributed by atoms with E-state index in [1.807, 2.05) is 0 Å². The van der Waals surface area contributed by atoms with Crippen LogP contribution in [0.5, 0.6) is 5.75 Å². The fraction of sp³-hybridized carbons (Fsp3) is 0.615. The lowest BCUT2D eigenvalue weighted by Gasteiger charge is -2.37. The van der Waals surface area contributed by atoms with Crippen LogP contribution < -0.4 is 10.1 Å². The Balaban J connectivity index is 1.70. The van der Waals surface area contributed by atoms with E-state index in [-0.39, 0.29) is 61.2 Å². The van der Waals surface area contributed by atoms with Gasteiger partial charge in [0.15, 0.2) is 0 Å². The Kier molecular flexibility index (Phi) is 8.28. The molecule has 0 spiro atoms. The molecule has 0 aromatic heterocycles. The number of nitrogens with zero attached hydrogens (tertiary/aromatic N) is 3. The molecule has 3 heterocycles. The van der Waals surface area contributed by atoms with E-state index >= 15 is 0 Å². The number of fused-ring (bicyclic) bond motifs is 2. The molecule has 2 fully saturated rings. The molecule has 37 heavy (non-hydrogen) atoms. The number of amides is 4. The van der Waals surface area contributed by atoms with Gasteiger partial charge in [0.2, 0.25) is 17.7 Å². The van der Waals surface area contributed by atoms with Crippen molar-refractivity contribution in [3.8, 4) is 5.75 Å². The zero-order valence-corrected chi connectivity index (χ0v) is 22.2. The van der Waals surface area contributed by atoms with Crippen LogP contribution in [0.25, 0.3) is 0 Å². The summed E-state index contributed by atoms with van der Waals surface area (Å²) in [7, 11) is 1.72. The minimum absolute atomic E-state index is 0.145. The van der Waals surface area contributed by atoms with Gasteiger partial charge in [-0.2, -0.15) is 0 Å². The number of carbonyl (C=O) groups is 4. The van der Waals surface area contributed by atoms with Crippen molar-refractivity contribution in [1.82, 2.24) is 20.0 Å². The van der Waals surface area contributed by atoms with Crippen molar-refractivity contribution in [2.75, 3.05) is 33.3 Å². The van der Waals surface area contributed by atoms with Crippen LogP contribution >= 0.6 is 11.6 Å². The Bertz CT molecular complexity index is 1060. The van der Waals surface area contributed by atoms with Crippen LogP contribution in [0.2, 0.25) is 5.02 Å². The first-order chi connectivity index (χ1) is 17.5. The summed E-state index contributed by atoms with van der Waals surface area (Å²) < 4.78 is 6.08. The number of carbonyl (C=O) groups excluding carboxylic acids is 4. The fourth-order valence-electron chi connectivity index (χ4n) is 5.17. The average molecular weight is 535 g/mol. The van der Waals surface area contributed by atoms with Gasteiger partial charge in [-0.3, -0.25) is 19.2 Å². The third-order valence-electron chi connectivity index (χ3n) is 7.27. The normalized spacial score (nSPS) is 25.4. The molecular weight excluding hydrogens is 500 g/mol. The lowest BCUT2D eigenvalue weighted by molar-refractivity contribution is -0.148. The third-order valence-corrected chi connectivity index (χ3v) is 7.51. The van der Waals surface area contributed by atoms with Crippen molar-refractivity contribution >= 4 is 35.2 Å². The van der Waals surface area contributed by atoms with E-state index in [0.717, 1.165) is 0 Å². The van der Waals surface area contributed by atoms with Gasteiger partial charge in [0.1, 0.15) is 24.4 Å². The van der Waals surface area contributed by atoms with Gasteiger partial charge >= 0.3 is 0 Å². The number of benzene rings is 1. The van der Waals surface area contributed by atoms with Crippen molar-refractivity contribution in [1.29, 1.82) is 0 Å². The Hall–Kier alpha value is -2.85. The van der Waals surface area contributed by atoms with Crippen molar-refractivity contribution in [3.05, 3.63) is 28.8 Å². The third kappa shape index (κ3) is 6.01. The number of hydrogen-bond acceptors (Lipinski definition) is 6. The maximum Gasteiger partial charge on any atom is 0.255 e. The van der Waals surface area contributed by atoms with E-state index in [0.29, 0.717) is 30.8 Å². The van der Waals surface area contributed by atoms with Crippen molar-refractivity contribution in [3.63, 3.8) is 0 Å². The van der Waals surface area contributed by atoms with Crippen molar-refractivity contribution in [2.24, 2.45) is 5.92 Å². The maximum absolute atomic E-state index is 13.8. The summed E-state index contributed by atoms with van der Waals surface area (Å²) in [4.78, 5) is 58.2. The monoisotopic (exact) mass is 534 g/mol. The summed E-state index contributed by atoms with van der Waals surface area (Å²) in [6.45, 7) is 5.03. The summed E-state index contributed by atoms with van der Waals surface area (Å²) in [5.74, 6) is -1.05. The van der Waals surface area contributed by atoms with Crippen LogP contribution in [0.4, 0.5) is 0 Å². The van der Waals surface area contributed by atoms with Gasteiger partial charge in [-0.25, -0.2) is 0 Å². The molecule has 1 aromatic rings. The molecule has 2 saturated heterocycles. The molecule has 3 aliphatic rings. The highest BCUT2D eigenvalue weighted by atomic mass is 35.5. The standard InChI is InChI=1S/C26H35ClN4O6/c1-15(2)9-17-14-37-22-7-6-16(27)10-19(22)24(34)28-20(11-23(33)30-12-18(32)13-30)25(35)31-8-4-5-21(31)26(36)29(17)3/h6-7,10,15,17-18,20-21,32H,4-5,8-9,11-14H2,1-3H3,(H,28,34)/t17-,20+,21-/m1/s1. The predicted molar refractivity (Wildman–Crippen MR) is 136 cm³/mol. The van der Waals surface area contributed by atoms with Gasteiger partial charge < -0.3 is 29.9 Å². The summed E-state index contributed by atoms with van der Waals surface area (Å²) in [5, 5.41) is 12.6. The molecule has 3 atom stereocenters. The number of likely N-dealkylation sites (N-methyl/N-ethyl adjacent to an activating group) is 1. The molecule has 0 saturated carbocycles. The second kappa shape index (κ2) is 11.3. The Morgan fingerprint density at radius 1 is 1.22 bits per heavy atom. The second-order valence-corrected chi connectivity index (χ2v) is 11.0. The quantitative estimate of drug-likeness (QED) is 0.601. The molecular formula is C26H35ClN4O6. The van der Waals surface area contributed by atoms with Gasteiger partial charge in [-0.15, -0.1) is 0 Å². The molecule has 0 bridgehead atoms.